The average molecular weight is 259 g/mol. The summed E-state index contributed by atoms with van der Waals surface area (Å²) in [5.74, 6) is 0.325. The zero-order chi connectivity index (χ0) is 13.1. The van der Waals surface area contributed by atoms with Crippen molar-refractivity contribution in [1.82, 2.24) is 9.97 Å². The van der Waals surface area contributed by atoms with Crippen LogP contribution in [-0.4, -0.2) is 15.2 Å². The summed E-state index contributed by atoms with van der Waals surface area (Å²) < 4.78 is 0. The summed E-state index contributed by atoms with van der Waals surface area (Å²) in [5, 5.41) is 0.591. The minimum absolute atomic E-state index is 0.325. The molecule has 1 heterocycles. The van der Waals surface area contributed by atoms with Crippen LogP contribution in [0.5, 0.6) is 0 Å². The van der Waals surface area contributed by atoms with Gasteiger partial charge in [0.2, 0.25) is 5.95 Å². The molecule has 94 valence electrons. The van der Waals surface area contributed by atoms with Gasteiger partial charge in [0.25, 0.3) is 0 Å². The molecular weight excluding hydrogens is 242 g/mol. The van der Waals surface area contributed by atoms with E-state index in [9.17, 15) is 0 Å². The molecule has 0 aliphatic heterocycles. The van der Waals surface area contributed by atoms with E-state index in [0.29, 0.717) is 11.2 Å². The number of thioether (sulfide) groups is 1. The van der Waals surface area contributed by atoms with E-state index >= 15 is 0 Å². The molecule has 1 aromatic carbocycles. The molecular formula is C14H17N3S. The number of anilines is 1. The maximum Gasteiger partial charge on any atom is 0.220 e. The Kier molecular flexibility index (Phi) is 3.87. The molecule has 18 heavy (non-hydrogen) atoms. The van der Waals surface area contributed by atoms with Crippen LogP contribution in [0.3, 0.4) is 0 Å². The number of nitrogens with zero attached hydrogens (tertiary/aromatic N) is 2. The van der Waals surface area contributed by atoms with Gasteiger partial charge in [0, 0.05) is 21.4 Å². The van der Waals surface area contributed by atoms with Gasteiger partial charge in [-0.2, -0.15) is 0 Å². The molecule has 2 N–H and O–H groups in total. The number of rotatable bonds is 3. The van der Waals surface area contributed by atoms with Crippen molar-refractivity contribution in [3.05, 3.63) is 36.0 Å². The second kappa shape index (κ2) is 5.40. The fourth-order valence-electron chi connectivity index (χ4n) is 1.72. The second-order valence-corrected chi connectivity index (χ2v) is 6.09. The van der Waals surface area contributed by atoms with Crippen LogP contribution in [0.1, 0.15) is 19.5 Å². The van der Waals surface area contributed by atoms with E-state index in [1.165, 1.54) is 4.90 Å². The summed E-state index contributed by atoms with van der Waals surface area (Å²) >= 11 is 1.85. The third-order valence-electron chi connectivity index (χ3n) is 2.39. The highest BCUT2D eigenvalue weighted by atomic mass is 32.2. The molecule has 0 fully saturated rings. The van der Waals surface area contributed by atoms with Crippen LogP contribution < -0.4 is 5.73 Å². The Morgan fingerprint density at radius 3 is 2.33 bits per heavy atom. The Morgan fingerprint density at radius 1 is 1.11 bits per heavy atom. The molecule has 0 saturated heterocycles. The minimum atomic E-state index is 0.325. The fraction of sp³-hybridized carbons (Fsp3) is 0.286. The lowest BCUT2D eigenvalue weighted by Crippen LogP contribution is -1.98. The minimum Gasteiger partial charge on any atom is -0.368 e. The van der Waals surface area contributed by atoms with Crippen molar-refractivity contribution in [3.63, 3.8) is 0 Å². The molecule has 1 aromatic heterocycles. The summed E-state index contributed by atoms with van der Waals surface area (Å²) in [7, 11) is 0. The molecule has 2 aromatic rings. The van der Waals surface area contributed by atoms with Crippen molar-refractivity contribution in [2.24, 2.45) is 0 Å². The molecule has 0 aliphatic rings. The van der Waals surface area contributed by atoms with Crippen molar-refractivity contribution in [2.45, 2.75) is 30.9 Å². The van der Waals surface area contributed by atoms with Crippen molar-refractivity contribution in [1.29, 1.82) is 0 Å². The normalized spacial score (nSPS) is 10.9. The number of aromatic nitrogens is 2. The van der Waals surface area contributed by atoms with Gasteiger partial charge in [0.15, 0.2) is 0 Å². The zero-order valence-corrected chi connectivity index (χ0v) is 11.7. The molecule has 0 amide bonds. The highest BCUT2D eigenvalue weighted by molar-refractivity contribution is 7.99. The molecule has 0 saturated carbocycles. The van der Waals surface area contributed by atoms with E-state index in [2.05, 4.69) is 48.1 Å². The zero-order valence-electron chi connectivity index (χ0n) is 10.8. The highest BCUT2D eigenvalue weighted by Crippen LogP contribution is 2.26. The number of nitrogens with two attached hydrogens (primary N) is 1. The van der Waals surface area contributed by atoms with Gasteiger partial charge in [-0.25, -0.2) is 9.97 Å². The largest absolute Gasteiger partial charge is 0.368 e. The predicted octanol–water partition coefficient (Wildman–Crippen LogP) is 3.53. The SMILES string of the molecule is Cc1cc(-c2ccc(SC(C)C)cc2)nc(N)n1. The van der Waals surface area contributed by atoms with Crippen LogP contribution in [0, 0.1) is 6.92 Å². The van der Waals surface area contributed by atoms with Crippen molar-refractivity contribution in [2.75, 3.05) is 5.73 Å². The lowest BCUT2D eigenvalue weighted by atomic mass is 10.1. The Hall–Kier alpha value is -1.55. The molecule has 0 bridgehead atoms. The Balaban J connectivity index is 2.28. The van der Waals surface area contributed by atoms with Gasteiger partial charge in [0.05, 0.1) is 5.69 Å². The molecule has 0 unspecified atom stereocenters. The summed E-state index contributed by atoms with van der Waals surface area (Å²) in [6, 6.07) is 10.3. The van der Waals surface area contributed by atoms with Gasteiger partial charge >= 0.3 is 0 Å². The summed E-state index contributed by atoms with van der Waals surface area (Å²) in [5.41, 5.74) is 8.50. The second-order valence-electron chi connectivity index (χ2n) is 4.44. The van der Waals surface area contributed by atoms with Crippen LogP contribution in [0.25, 0.3) is 11.3 Å². The Bertz CT molecular complexity index is 515. The van der Waals surface area contributed by atoms with Crippen molar-refractivity contribution >= 4 is 17.7 Å². The quantitative estimate of drug-likeness (QED) is 0.857. The first kappa shape index (κ1) is 12.9. The predicted molar refractivity (Wildman–Crippen MR) is 77.6 cm³/mol. The van der Waals surface area contributed by atoms with Gasteiger partial charge in [-0.3, -0.25) is 0 Å². The van der Waals surface area contributed by atoms with Crippen LogP contribution in [0.15, 0.2) is 35.2 Å². The lowest BCUT2D eigenvalue weighted by molar-refractivity contribution is 1.11. The molecule has 0 spiro atoms. The Morgan fingerprint density at radius 2 is 1.78 bits per heavy atom. The average Bonchev–Trinajstić information content (AvgIpc) is 2.27. The topological polar surface area (TPSA) is 51.8 Å². The third kappa shape index (κ3) is 3.23. The van der Waals surface area contributed by atoms with E-state index in [4.69, 9.17) is 5.73 Å². The number of benzene rings is 1. The first-order valence-corrected chi connectivity index (χ1v) is 6.81. The van der Waals surface area contributed by atoms with Crippen LogP contribution in [-0.2, 0) is 0 Å². The number of hydrogen-bond donors (Lipinski definition) is 1. The fourth-order valence-corrected chi connectivity index (χ4v) is 2.55. The number of nitrogen functional groups attached to an aromatic ring is 1. The van der Waals surface area contributed by atoms with Crippen LogP contribution >= 0.6 is 11.8 Å². The monoisotopic (exact) mass is 259 g/mol. The number of hydrogen-bond acceptors (Lipinski definition) is 4. The van der Waals surface area contributed by atoms with Gasteiger partial charge in [-0.05, 0) is 25.1 Å². The van der Waals surface area contributed by atoms with E-state index in [1.54, 1.807) is 0 Å². The van der Waals surface area contributed by atoms with Gasteiger partial charge in [0.1, 0.15) is 0 Å². The van der Waals surface area contributed by atoms with E-state index in [-0.39, 0.29) is 0 Å². The molecule has 0 aliphatic carbocycles. The number of aryl methyl sites for hydroxylation is 1. The highest BCUT2D eigenvalue weighted by Gasteiger charge is 2.04. The van der Waals surface area contributed by atoms with Gasteiger partial charge in [-0.15, -0.1) is 11.8 Å². The standard InChI is InChI=1S/C14H17N3S/c1-9(2)18-12-6-4-11(5-7-12)13-8-10(3)16-14(15)17-13/h4-9H,1-3H3,(H2,15,16,17). The molecule has 0 atom stereocenters. The maximum absolute atomic E-state index is 5.67. The summed E-state index contributed by atoms with van der Waals surface area (Å²) in [6.07, 6.45) is 0. The van der Waals surface area contributed by atoms with Crippen molar-refractivity contribution < 1.29 is 0 Å². The maximum atomic E-state index is 5.67. The smallest absolute Gasteiger partial charge is 0.220 e. The Labute approximate surface area is 112 Å². The van der Waals surface area contributed by atoms with Crippen LogP contribution in [0.2, 0.25) is 0 Å². The summed E-state index contributed by atoms with van der Waals surface area (Å²) in [6.45, 7) is 6.30. The van der Waals surface area contributed by atoms with Gasteiger partial charge < -0.3 is 5.73 Å². The van der Waals surface area contributed by atoms with E-state index in [1.807, 2.05) is 24.8 Å². The van der Waals surface area contributed by atoms with Crippen LogP contribution in [0.4, 0.5) is 5.95 Å². The first-order chi connectivity index (χ1) is 8.54. The summed E-state index contributed by atoms with van der Waals surface area (Å²) in [4.78, 5) is 9.60. The molecule has 3 nitrogen and oxygen atoms in total. The molecule has 4 heteroatoms. The van der Waals surface area contributed by atoms with E-state index < -0.39 is 0 Å². The first-order valence-electron chi connectivity index (χ1n) is 5.93. The molecule has 0 radical (unpaired) electrons. The van der Waals surface area contributed by atoms with Crippen molar-refractivity contribution in [3.8, 4) is 11.3 Å². The molecule has 2 rings (SSSR count). The lowest BCUT2D eigenvalue weighted by Gasteiger charge is -2.07. The van der Waals surface area contributed by atoms with Gasteiger partial charge in [-0.1, -0.05) is 26.0 Å². The van der Waals surface area contributed by atoms with E-state index in [0.717, 1.165) is 17.0 Å². The third-order valence-corrected chi connectivity index (χ3v) is 3.41.